The second-order valence-electron chi connectivity index (χ2n) is 6.57. The van der Waals surface area contributed by atoms with E-state index in [0.29, 0.717) is 18.1 Å². The normalized spacial score (nSPS) is 14.0. The van der Waals surface area contributed by atoms with Gasteiger partial charge in [0.05, 0.1) is 0 Å². The van der Waals surface area contributed by atoms with E-state index in [9.17, 15) is 9.59 Å². The zero-order chi connectivity index (χ0) is 18.2. The Bertz CT molecular complexity index is 655. The van der Waals surface area contributed by atoms with E-state index in [1.165, 1.54) is 18.4 Å². The molecule has 1 aromatic carbocycles. The van der Waals surface area contributed by atoms with Crippen LogP contribution in [0.15, 0.2) is 29.8 Å². The van der Waals surface area contributed by atoms with Gasteiger partial charge in [0.25, 0.3) is 0 Å². The SMILES string of the molecule is CC(=O)N(CCC(=O)Nc1cccc(Cl)c1C)CCC1=CCCCC1. The number of anilines is 1. The number of hydrogen-bond acceptors (Lipinski definition) is 2. The Morgan fingerprint density at radius 3 is 2.72 bits per heavy atom. The summed E-state index contributed by atoms with van der Waals surface area (Å²) in [5.74, 6) is -0.0864. The fourth-order valence-corrected chi connectivity index (χ4v) is 3.20. The lowest BCUT2D eigenvalue weighted by molar-refractivity contribution is -0.129. The van der Waals surface area contributed by atoms with E-state index in [1.807, 2.05) is 19.1 Å². The summed E-state index contributed by atoms with van der Waals surface area (Å²) < 4.78 is 0. The Labute approximate surface area is 155 Å². The number of halogens is 1. The molecule has 0 saturated carbocycles. The summed E-state index contributed by atoms with van der Waals surface area (Å²) in [6.45, 7) is 4.56. The number of nitrogens with zero attached hydrogens (tertiary/aromatic N) is 1. The van der Waals surface area contributed by atoms with Gasteiger partial charge in [-0.1, -0.05) is 29.3 Å². The average Bonchev–Trinajstić information content (AvgIpc) is 2.59. The molecule has 0 radical (unpaired) electrons. The minimum atomic E-state index is -0.103. The third-order valence-electron chi connectivity index (χ3n) is 4.68. The maximum Gasteiger partial charge on any atom is 0.226 e. The van der Waals surface area contributed by atoms with Crippen molar-refractivity contribution in [1.29, 1.82) is 0 Å². The molecule has 0 unspecified atom stereocenters. The van der Waals surface area contributed by atoms with Crippen LogP contribution in [0.3, 0.4) is 0 Å². The highest BCUT2D eigenvalue weighted by Crippen LogP contribution is 2.23. The lowest BCUT2D eigenvalue weighted by atomic mass is 9.97. The first kappa shape index (κ1) is 19.5. The van der Waals surface area contributed by atoms with E-state index in [1.54, 1.807) is 17.9 Å². The first-order valence-corrected chi connectivity index (χ1v) is 9.33. The second kappa shape index (κ2) is 9.62. The Kier molecular flexibility index (Phi) is 7.51. The molecular weight excluding hydrogens is 336 g/mol. The van der Waals surface area contributed by atoms with Crippen molar-refractivity contribution in [2.45, 2.75) is 52.4 Å². The Balaban J connectivity index is 1.83. The van der Waals surface area contributed by atoms with Gasteiger partial charge in [0, 0.05) is 37.1 Å². The molecule has 0 saturated heterocycles. The maximum atomic E-state index is 12.2. The lowest BCUT2D eigenvalue weighted by Gasteiger charge is -2.22. The van der Waals surface area contributed by atoms with Gasteiger partial charge in [0.15, 0.2) is 0 Å². The summed E-state index contributed by atoms with van der Waals surface area (Å²) >= 11 is 6.07. The molecular formula is C20H27ClN2O2. The van der Waals surface area contributed by atoms with Crippen molar-refractivity contribution in [2.75, 3.05) is 18.4 Å². The molecule has 0 atom stereocenters. The number of rotatable bonds is 7. The summed E-state index contributed by atoms with van der Waals surface area (Å²) in [5.41, 5.74) is 3.01. The molecule has 0 fully saturated rings. The summed E-state index contributed by atoms with van der Waals surface area (Å²) in [4.78, 5) is 25.8. The number of nitrogens with one attached hydrogen (secondary N) is 1. The van der Waals surface area contributed by atoms with Gasteiger partial charge < -0.3 is 10.2 Å². The lowest BCUT2D eigenvalue weighted by Crippen LogP contribution is -2.33. The van der Waals surface area contributed by atoms with E-state index in [0.717, 1.165) is 30.5 Å². The van der Waals surface area contributed by atoms with Crippen LogP contribution in [-0.2, 0) is 9.59 Å². The number of carbonyl (C=O) groups excluding carboxylic acids is 2. The maximum absolute atomic E-state index is 12.2. The Morgan fingerprint density at radius 1 is 1.24 bits per heavy atom. The van der Waals surface area contributed by atoms with Crippen molar-refractivity contribution in [2.24, 2.45) is 0 Å². The van der Waals surface area contributed by atoms with Crippen LogP contribution in [0.5, 0.6) is 0 Å². The molecule has 1 aliphatic rings. The van der Waals surface area contributed by atoms with Crippen molar-refractivity contribution in [1.82, 2.24) is 4.90 Å². The highest BCUT2D eigenvalue weighted by Gasteiger charge is 2.13. The quantitative estimate of drug-likeness (QED) is 0.713. The van der Waals surface area contributed by atoms with Crippen molar-refractivity contribution in [3.8, 4) is 0 Å². The van der Waals surface area contributed by atoms with Crippen LogP contribution in [0.1, 0.15) is 51.0 Å². The summed E-state index contributed by atoms with van der Waals surface area (Å²) in [7, 11) is 0. The molecule has 4 nitrogen and oxygen atoms in total. The van der Waals surface area contributed by atoms with Crippen molar-refractivity contribution in [3.63, 3.8) is 0 Å². The Morgan fingerprint density at radius 2 is 2.04 bits per heavy atom. The molecule has 2 rings (SSSR count). The van der Waals surface area contributed by atoms with Crippen molar-refractivity contribution < 1.29 is 9.59 Å². The van der Waals surface area contributed by atoms with Crippen LogP contribution in [0, 0.1) is 6.92 Å². The fraction of sp³-hybridized carbons (Fsp3) is 0.500. The summed E-state index contributed by atoms with van der Waals surface area (Å²) in [5, 5.41) is 3.51. The topological polar surface area (TPSA) is 49.4 Å². The van der Waals surface area contributed by atoms with Crippen molar-refractivity contribution >= 4 is 29.1 Å². The third-order valence-corrected chi connectivity index (χ3v) is 5.09. The minimum Gasteiger partial charge on any atom is -0.342 e. The number of amides is 2. The molecule has 0 aromatic heterocycles. The molecule has 1 aliphatic carbocycles. The minimum absolute atomic E-state index is 0.0168. The standard InChI is InChI=1S/C20H27ClN2O2/c1-15-18(21)9-6-10-19(15)22-20(25)12-14-23(16(2)24)13-11-17-7-4-3-5-8-17/h6-7,9-10H,3-5,8,11-14H2,1-2H3,(H,22,25). The average molecular weight is 363 g/mol. The van der Waals surface area contributed by atoms with Gasteiger partial charge in [-0.25, -0.2) is 0 Å². The zero-order valence-corrected chi connectivity index (χ0v) is 15.9. The number of hydrogen-bond donors (Lipinski definition) is 1. The highest BCUT2D eigenvalue weighted by molar-refractivity contribution is 6.31. The molecule has 0 bridgehead atoms. The van der Waals surface area contributed by atoms with Crippen LogP contribution >= 0.6 is 11.6 Å². The van der Waals surface area contributed by atoms with Crippen molar-refractivity contribution in [3.05, 3.63) is 40.4 Å². The zero-order valence-electron chi connectivity index (χ0n) is 15.1. The third kappa shape index (κ3) is 6.20. The van der Waals surface area contributed by atoms with E-state index in [2.05, 4.69) is 11.4 Å². The fourth-order valence-electron chi connectivity index (χ4n) is 3.03. The van der Waals surface area contributed by atoms with Gasteiger partial charge in [-0.05, 0) is 56.7 Å². The first-order chi connectivity index (χ1) is 12.0. The van der Waals surface area contributed by atoms with Gasteiger partial charge in [-0.15, -0.1) is 0 Å². The molecule has 136 valence electrons. The second-order valence-corrected chi connectivity index (χ2v) is 6.98. The highest BCUT2D eigenvalue weighted by atomic mass is 35.5. The first-order valence-electron chi connectivity index (χ1n) is 8.95. The molecule has 0 heterocycles. The van der Waals surface area contributed by atoms with Crippen LogP contribution in [0.4, 0.5) is 5.69 Å². The molecule has 0 spiro atoms. The van der Waals surface area contributed by atoms with E-state index >= 15 is 0 Å². The molecule has 1 N–H and O–H groups in total. The van der Waals surface area contributed by atoms with Crippen LogP contribution in [-0.4, -0.2) is 29.8 Å². The summed E-state index contributed by atoms with van der Waals surface area (Å²) in [6.07, 6.45) is 8.29. The number of allylic oxidation sites excluding steroid dienone is 1. The van der Waals surface area contributed by atoms with Gasteiger partial charge in [0.2, 0.25) is 11.8 Å². The predicted octanol–water partition coefficient (Wildman–Crippen LogP) is 4.72. The Hall–Kier alpha value is -1.81. The predicted molar refractivity (Wildman–Crippen MR) is 103 cm³/mol. The number of benzene rings is 1. The van der Waals surface area contributed by atoms with Crippen LogP contribution < -0.4 is 5.32 Å². The van der Waals surface area contributed by atoms with E-state index in [4.69, 9.17) is 11.6 Å². The molecule has 5 heteroatoms. The van der Waals surface area contributed by atoms with Gasteiger partial charge in [-0.2, -0.15) is 0 Å². The largest absolute Gasteiger partial charge is 0.342 e. The van der Waals surface area contributed by atoms with Gasteiger partial charge >= 0.3 is 0 Å². The summed E-state index contributed by atoms with van der Waals surface area (Å²) in [6, 6.07) is 5.44. The van der Waals surface area contributed by atoms with Gasteiger partial charge in [0.1, 0.15) is 0 Å². The molecule has 0 aliphatic heterocycles. The van der Waals surface area contributed by atoms with E-state index in [-0.39, 0.29) is 18.2 Å². The smallest absolute Gasteiger partial charge is 0.226 e. The molecule has 1 aromatic rings. The van der Waals surface area contributed by atoms with Gasteiger partial charge in [-0.3, -0.25) is 9.59 Å². The molecule has 2 amide bonds. The monoisotopic (exact) mass is 362 g/mol. The van der Waals surface area contributed by atoms with E-state index < -0.39 is 0 Å². The van der Waals surface area contributed by atoms with Crippen LogP contribution in [0.2, 0.25) is 5.02 Å². The number of carbonyl (C=O) groups is 2. The van der Waals surface area contributed by atoms with Crippen LogP contribution in [0.25, 0.3) is 0 Å². The molecule has 25 heavy (non-hydrogen) atoms.